The zero-order valence-electron chi connectivity index (χ0n) is 11.7. The number of rotatable bonds is 8. The SMILES string of the molecule is CCc1cc(CC(COCC(F)(F)F)NN)n(CC)n1. The number of nitrogens with zero attached hydrogens (tertiary/aromatic N) is 2. The summed E-state index contributed by atoms with van der Waals surface area (Å²) >= 11 is 0. The molecule has 20 heavy (non-hydrogen) atoms. The van der Waals surface area contributed by atoms with Gasteiger partial charge in [0.25, 0.3) is 0 Å². The zero-order chi connectivity index (χ0) is 15.2. The van der Waals surface area contributed by atoms with Gasteiger partial charge in [0, 0.05) is 24.7 Å². The summed E-state index contributed by atoms with van der Waals surface area (Å²) in [6.07, 6.45) is -3.04. The number of aromatic nitrogens is 2. The average molecular weight is 294 g/mol. The molecule has 0 spiro atoms. The van der Waals surface area contributed by atoms with Gasteiger partial charge in [-0.3, -0.25) is 16.0 Å². The van der Waals surface area contributed by atoms with E-state index >= 15 is 0 Å². The molecule has 1 aromatic rings. The normalized spacial score (nSPS) is 13.7. The van der Waals surface area contributed by atoms with Crippen LogP contribution in [0.15, 0.2) is 6.07 Å². The van der Waals surface area contributed by atoms with Gasteiger partial charge in [-0.2, -0.15) is 18.3 Å². The highest BCUT2D eigenvalue weighted by molar-refractivity contribution is 5.12. The third-order valence-corrected chi connectivity index (χ3v) is 2.85. The number of hydrogen-bond acceptors (Lipinski definition) is 4. The fourth-order valence-electron chi connectivity index (χ4n) is 1.86. The van der Waals surface area contributed by atoms with Crippen molar-refractivity contribution in [3.05, 3.63) is 17.5 Å². The van der Waals surface area contributed by atoms with Crippen LogP contribution in [-0.4, -0.2) is 35.2 Å². The van der Waals surface area contributed by atoms with Crippen LogP contribution in [-0.2, 0) is 24.1 Å². The summed E-state index contributed by atoms with van der Waals surface area (Å²) in [5.74, 6) is 5.36. The highest BCUT2D eigenvalue weighted by Gasteiger charge is 2.28. The number of ether oxygens (including phenoxy) is 1. The van der Waals surface area contributed by atoms with Crippen molar-refractivity contribution in [2.45, 2.75) is 45.5 Å². The Morgan fingerprint density at radius 1 is 1.45 bits per heavy atom. The molecule has 1 heterocycles. The van der Waals surface area contributed by atoms with Crippen LogP contribution in [0.4, 0.5) is 13.2 Å². The first-order valence-electron chi connectivity index (χ1n) is 6.55. The van der Waals surface area contributed by atoms with Crippen LogP contribution in [0.25, 0.3) is 0 Å². The molecule has 5 nitrogen and oxygen atoms in total. The Labute approximate surface area is 116 Å². The molecule has 1 rings (SSSR count). The lowest BCUT2D eigenvalue weighted by molar-refractivity contribution is -0.175. The van der Waals surface area contributed by atoms with Crippen LogP contribution in [0.1, 0.15) is 25.2 Å². The summed E-state index contributed by atoms with van der Waals surface area (Å²) in [7, 11) is 0. The highest BCUT2D eigenvalue weighted by Crippen LogP contribution is 2.15. The van der Waals surface area contributed by atoms with Gasteiger partial charge in [-0.15, -0.1) is 0 Å². The van der Waals surface area contributed by atoms with Crippen molar-refractivity contribution in [3.8, 4) is 0 Å². The summed E-state index contributed by atoms with van der Waals surface area (Å²) in [5, 5.41) is 4.38. The monoisotopic (exact) mass is 294 g/mol. The summed E-state index contributed by atoms with van der Waals surface area (Å²) in [6, 6.07) is 1.56. The molecule has 0 saturated heterocycles. The predicted molar refractivity (Wildman–Crippen MR) is 69.0 cm³/mol. The maximum absolute atomic E-state index is 12.0. The van der Waals surface area contributed by atoms with E-state index in [1.54, 1.807) is 0 Å². The topological polar surface area (TPSA) is 65.1 Å². The molecule has 3 N–H and O–H groups in total. The maximum Gasteiger partial charge on any atom is 0.411 e. The van der Waals surface area contributed by atoms with Crippen LogP contribution in [0.5, 0.6) is 0 Å². The molecule has 0 radical (unpaired) electrons. The molecular weight excluding hydrogens is 273 g/mol. The minimum atomic E-state index is -4.32. The summed E-state index contributed by atoms with van der Waals surface area (Å²) in [5.41, 5.74) is 4.37. The number of aryl methyl sites for hydroxylation is 2. The molecule has 0 aliphatic carbocycles. The van der Waals surface area contributed by atoms with Gasteiger partial charge < -0.3 is 4.74 Å². The first-order valence-corrected chi connectivity index (χ1v) is 6.55. The number of hydrogen-bond donors (Lipinski definition) is 2. The first kappa shape index (κ1) is 16.9. The number of nitrogens with two attached hydrogens (primary N) is 1. The Kier molecular flexibility index (Phi) is 6.44. The number of alkyl halides is 3. The second-order valence-corrected chi connectivity index (χ2v) is 4.49. The summed E-state index contributed by atoms with van der Waals surface area (Å²) < 4.78 is 42.5. The molecule has 0 bridgehead atoms. The Hall–Kier alpha value is -1.12. The van der Waals surface area contributed by atoms with E-state index in [0.717, 1.165) is 17.8 Å². The molecule has 0 amide bonds. The van der Waals surface area contributed by atoms with Gasteiger partial charge in [-0.25, -0.2) is 0 Å². The predicted octanol–water partition coefficient (Wildman–Crippen LogP) is 1.42. The fraction of sp³-hybridized carbons (Fsp3) is 0.750. The van der Waals surface area contributed by atoms with E-state index < -0.39 is 12.8 Å². The van der Waals surface area contributed by atoms with Crippen molar-refractivity contribution in [3.63, 3.8) is 0 Å². The quantitative estimate of drug-likeness (QED) is 0.562. The zero-order valence-corrected chi connectivity index (χ0v) is 11.7. The van der Waals surface area contributed by atoms with Gasteiger partial charge >= 0.3 is 6.18 Å². The molecule has 8 heteroatoms. The molecular formula is C12H21F3N4O. The summed E-state index contributed by atoms with van der Waals surface area (Å²) in [4.78, 5) is 0. The van der Waals surface area contributed by atoms with Gasteiger partial charge in [-0.1, -0.05) is 6.92 Å². The van der Waals surface area contributed by atoms with Gasteiger partial charge in [-0.05, 0) is 19.4 Å². The Morgan fingerprint density at radius 2 is 2.15 bits per heavy atom. The lowest BCUT2D eigenvalue weighted by Crippen LogP contribution is -2.41. The van der Waals surface area contributed by atoms with Gasteiger partial charge in [0.05, 0.1) is 12.3 Å². The maximum atomic E-state index is 12.0. The van der Waals surface area contributed by atoms with E-state index in [1.807, 2.05) is 24.6 Å². The van der Waals surface area contributed by atoms with Crippen molar-refractivity contribution in [1.82, 2.24) is 15.2 Å². The van der Waals surface area contributed by atoms with Crippen molar-refractivity contribution in [2.75, 3.05) is 13.2 Å². The smallest absolute Gasteiger partial charge is 0.370 e. The minimum Gasteiger partial charge on any atom is -0.370 e. The standard InChI is InChI=1S/C12H21F3N4O/c1-3-9-5-11(19(4-2)18-9)6-10(17-16)7-20-8-12(13,14)15/h5,10,17H,3-4,6-8,16H2,1-2H3. The molecule has 0 aliphatic rings. The van der Waals surface area contributed by atoms with Crippen LogP contribution in [0.3, 0.4) is 0 Å². The molecule has 0 fully saturated rings. The van der Waals surface area contributed by atoms with E-state index in [2.05, 4.69) is 15.3 Å². The van der Waals surface area contributed by atoms with Crippen molar-refractivity contribution < 1.29 is 17.9 Å². The van der Waals surface area contributed by atoms with E-state index in [-0.39, 0.29) is 12.6 Å². The third kappa shape index (κ3) is 5.48. The van der Waals surface area contributed by atoms with E-state index in [4.69, 9.17) is 5.84 Å². The average Bonchev–Trinajstić information content (AvgIpc) is 2.78. The van der Waals surface area contributed by atoms with Crippen LogP contribution in [0, 0.1) is 0 Å². The van der Waals surface area contributed by atoms with E-state index in [0.29, 0.717) is 13.0 Å². The van der Waals surface area contributed by atoms with E-state index in [9.17, 15) is 13.2 Å². The molecule has 0 aliphatic heterocycles. The first-order chi connectivity index (χ1) is 9.39. The molecule has 116 valence electrons. The molecule has 1 aromatic heterocycles. The Morgan fingerprint density at radius 3 is 2.65 bits per heavy atom. The number of nitrogens with one attached hydrogen (secondary N) is 1. The fourth-order valence-corrected chi connectivity index (χ4v) is 1.86. The number of halogens is 3. The minimum absolute atomic E-state index is 0.105. The molecule has 1 unspecified atom stereocenters. The Bertz CT molecular complexity index is 406. The van der Waals surface area contributed by atoms with Crippen molar-refractivity contribution in [2.24, 2.45) is 5.84 Å². The van der Waals surface area contributed by atoms with Gasteiger partial charge in [0.2, 0.25) is 0 Å². The highest BCUT2D eigenvalue weighted by atomic mass is 19.4. The van der Waals surface area contributed by atoms with Crippen LogP contribution >= 0.6 is 0 Å². The van der Waals surface area contributed by atoms with Gasteiger partial charge in [0.15, 0.2) is 0 Å². The van der Waals surface area contributed by atoms with Crippen molar-refractivity contribution in [1.29, 1.82) is 0 Å². The van der Waals surface area contributed by atoms with Crippen LogP contribution < -0.4 is 11.3 Å². The second kappa shape index (κ2) is 7.61. The summed E-state index contributed by atoms with van der Waals surface area (Å²) in [6.45, 7) is 3.29. The molecule has 0 aromatic carbocycles. The van der Waals surface area contributed by atoms with Crippen LogP contribution in [0.2, 0.25) is 0 Å². The lowest BCUT2D eigenvalue weighted by atomic mass is 10.1. The largest absolute Gasteiger partial charge is 0.411 e. The lowest BCUT2D eigenvalue weighted by Gasteiger charge is -2.17. The second-order valence-electron chi connectivity index (χ2n) is 4.49. The molecule has 0 saturated carbocycles. The number of hydrazine groups is 1. The molecule has 1 atom stereocenters. The van der Waals surface area contributed by atoms with Crippen molar-refractivity contribution >= 4 is 0 Å². The Balaban J connectivity index is 2.57. The third-order valence-electron chi connectivity index (χ3n) is 2.85. The van der Waals surface area contributed by atoms with E-state index in [1.165, 1.54) is 0 Å². The van der Waals surface area contributed by atoms with Gasteiger partial charge in [0.1, 0.15) is 6.61 Å².